The fourth-order valence-electron chi connectivity index (χ4n) is 1.41. The van der Waals surface area contributed by atoms with Crippen LogP contribution in [0.2, 0.25) is 0 Å². The van der Waals surface area contributed by atoms with Gasteiger partial charge in [-0.25, -0.2) is 0 Å². The Bertz CT molecular complexity index is 365. The highest BCUT2D eigenvalue weighted by atomic mass is 16.5. The maximum Gasteiger partial charge on any atom is 0.234 e. The Morgan fingerprint density at radius 3 is 2.44 bits per heavy atom. The normalized spacial score (nSPS) is 11.7. The number of ether oxygens (including phenoxy) is 2. The van der Waals surface area contributed by atoms with Gasteiger partial charge in [0.05, 0.1) is 20.2 Å². The van der Waals surface area contributed by atoms with Gasteiger partial charge in [-0.2, -0.15) is 0 Å². The highest BCUT2D eigenvalue weighted by molar-refractivity contribution is 5.77. The molecule has 0 aromatic heterocycles. The molecule has 5 heteroatoms. The maximum absolute atomic E-state index is 11.2. The van der Waals surface area contributed by atoms with E-state index in [1.54, 1.807) is 14.2 Å². The van der Waals surface area contributed by atoms with E-state index in [1.165, 1.54) is 0 Å². The van der Waals surface area contributed by atoms with Gasteiger partial charge in [-0.05, 0) is 38.2 Å². The number of hydrogen-bond donors (Lipinski definition) is 2. The van der Waals surface area contributed by atoms with E-state index in [0.717, 1.165) is 11.5 Å². The molecule has 1 rings (SSSR count). The molecule has 5 nitrogen and oxygen atoms in total. The number of carbonyl (C=O) groups excluding carboxylic acids is 1. The topological polar surface area (TPSA) is 59.6 Å². The Labute approximate surface area is 107 Å². The van der Waals surface area contributed by atoms with Gasteiger partial charge in [-0.15, -0.1) is 0 Å². The molecule has 0 radical (unpaired) electrons. The Morgan fingerprint density at radius 1 is 1.28 bits per heavy atom. The molecular weight excluding hydrogens is 232 g/mol. The van der Waals surface area contributed by atoms with Crippen LogP contribution in [0.5, 0.6) is 11.5 Å². The number of methoxy groups -OCH3 is 1. The number of nitrogens with one attached hydrogen (secondary N) is 2. The first kappa shape index (κ1) is 14.3. The first-order chi connectivity index (χ1) is 8.65. The van der Waals surface area contributed by atoms with E-state index in [1.807, 2.05) is 31.2 Å². The van der Waals surface area contributed by atoms with Crippen LogP contribution in [-0.2, 0) is 4.79 Å². The van der Waals surface area contributed by atoms with E-state index in [-0.39, 0.29) is 12.0 Å². The first-order valence-corrected chi connectivity index (χ1v) is 5.87. The van der Waals surface area contributed by atoms with E-state index < -0.39 is 0 Å². The minimum absolute atomic E-state index is 0.0392. The molecule has 0 aliphatic carbocycles. The van der Waals surface area contributed by atoms with Crippen molar-refractivity contribution in [2.24, 2.45) is 0 Å². The average Bonchev–Trinajstić information content (AvgIpc) is 2.38. The molecule has 1 amide bonds. The monoisotopic (exact) mass is 252 g/mol. The van der Waals surface area contributed by atoms with Crippen molar-refractivity contribution in [3.63, 3.8) is 0 Å². The highest BCUT2D eigenvalue weighted by Gasteiger charge is 2.06. The fourth-order valence-corrected chi connectivity index (χ4v) is 1.41. The van der Waals surface area contributed by atoms with E-state index in [0.29, 0.717) is 13.1 Å². The predicted octanol–water partition coefficient (Wildman–Crippen LogP) is 0.798. The number of hydrogen-bond acceptors (Lipinski definition) is 4. The van der Waals surface area contributed by atoms with Crippen LogP contribution in [0.25, 0.3) is 0 Å². The third kappa shape index (κ3) is 5.05. The Kier molecular flexibility index (Phi) is 6.00. The van der Waals surface area contributed by atoms with Crippen molar-refractivity contribution in [2.45, 2.75) is 13.0 Å². The molecule has 0 aliphatic heterocycles. The number of amides is 1. The van der Waals surface area contributed by atoms with Crippen LogP contribution >= 0.6 is 0 Å². The smallest absolute Gasteiger partial charge is 0.234 e. The summed E-state index contributed by atoms with van der Waals surface area (Å²) in [6, 6.07) is 7.35. The molecule has 18 heavy (non-hydrogen) atoms. The largest absolute Gasteiger partial charge is 0.497 e. The number of benzene rings is 1. The van der Waals surface area contributed by atoms with Gasteiger partial charge in [0.1, 0.15) is 17.6 Å². The molecule has 2 N–H and O–H groups in total. The molecule has 0 fully saturated rings. The van der Waals surface area contributed by atoms with Crippen molar-refractivity contribution in [3.8, 4) is 11.5 Å². The summed E-state index contributed by atoms with van der Waals surface area (Å²) < 4.78 is 10.7. The van der Waals surface area contributed by atoms with Crippen LogP contribution in [-0.4, -0.2) is 39.3 Å². The summed E-state index contributed by atoms with van der Waals surface area (Å²) in [5.74, 6) is 1.51. The van der Waals surface area contributed by atoms with Gasteiger partial charge in [0.25, 0.3) is 0 Å². The predicted molar refractivity (Wildman–Crippen MR) is 70.0 cm³/mol. The molecule has 0 heterocycles. The van der Waals surface area contributed by atoms with Crippen molar-refractivity contribution >= 4 is 5.91 Å². The van der Waals surface area contributed by atoms with Gasteiger partial charge in [-0.3, -0.25) is 4.79 Å². The molecule has 0 aliphatic rings. The molecule has 100 valence electrons. The lowest BCUT2D eigenvalue weighted by Gasteiger charge is -2.15. The third-order valence-corrected chi connectivity index (χ3v) is 2.32. The zero-order valence-electron chi connectivity index (χ0n) is 11.0. The van der Waals surface area contributed by atoms with Crippen molar-refractivity contribution < 1.29 is 14.3 Å². The van der Waals surface area contributed by atoms with Crippen LogP contribution in [0.4, 0.5) is 0 Å². The molecule has 1 atom stereocenters. The molecular formula is C13H20N2O3. The van der Waals surface area contributed by atoms with E-state index >= 15 is 0 Å². The molecule has 0 spiro atoms. The van der Waals surface area contributed by atoms with Crippen molar-refractivity contribution in [2.75, 3.05) is 27.2 Å². The van der Waals surface area contributed by atoms with E-state index in [2.05, 4.69) is 10.6 Å². The molecule has 0 bridgehead atoms. The number of rotatable bonds is 7. The molecule has 1 unspecified atom stereocenters. The number of carbonyl (C=O) groups is 1. The zero-order chi connectivity index (χ0) is 13.4. The summed E-state index contributed by atoms with van der Waals surface area (Å²) in [6.07, 6.45) is -0.0841. The summed E-state index contributed by atoms with van der Waals surface area (Å²) in [7, 11) is 3.35. The molecule has 0 saturated heterocycles. The first-order valence-electron chi connectivity index (χ1n) is 5.87. The zero-order valence-corrected chi connectivity index (χ0v) is 11.0. The Morgan fingerprint density at radius 2 is 1.89 bits per heavy atom. The number of likely N-dealkylation sites (N-methyl/N-ethyl adjacent to an activating group) is 1. The standard InChI is InChI=1S/C13H20N2O3/c1-10(8-15-13(16)9-14-2)18-12-6-4-11(17-3)5-7-12/h4-7,10,14H,8-9H2,1-3H3,(H,15,16). The summed E-state index contributed by atoms with van der Waals surface area (Å²) in [5, 5.41) is 5.56. The quantitative estimate of drug-likeness (QED) is 0.753. The maximum atomic E-state index is 11.2. The van der Waals surface area contributed by atoms with Crippen LogP contribution in [0, 0.1) is 0 Å². The van der Waals surface area contributed by atoms with Gasteiger partial charge in [-0.1, -0.05) is 0 Å². The lowest BCUT2D eigenvalue weighted by Crippen LogP contribution is -2.38. The van der Waals surface area contributed by atoms with E-state index in [9.17, 15) is 4.79 Å². The summed E-state index contributed by atoms with van der Waals surface area (Å²) >= 11 is 0. The average molecular weight is 252 g/mol. The summed E-state index contributed by atoms with van der Waals surface area (Å²) in [6.45, 7) is 2.70. The lowest BCUT2D eigenvalue weighted by atomic mass is 10.3. The summed E-state index contributed by atoms with van der Waals surface area (Å²) in [5.41, 5.74) is 0. The minimum Gasteiger partial charge on any atom is -0.497 e. The summed E-state index contributed by atoms with van der Waals surface area (Å²) in [4.78, 5) is 11.2. The lowest BCUT2D eigenvalue weighted by molar-refractivity contribution is -0.120. The second kappa shape index (κ2) is 7.55. The van der Waals surface area contributed by atoms with Crippen LogP contribution in [0.1, 0.15) is 6.92 Å². The highest BCUT2D eigenvalue weighted by Crippen LogP contribution is 2.17. The third-order valence-electron chi connectivity index (χ3n) is 2.32. The molecule has 1 aromatic rings. The van der Waals surface area contributed by atoms with Gasteiger partial charge >= 0.3 is 0 Å². The molecule has 1 aromatic carbocycles. The Hall–Kier alpha value is -1.75. The van der Waals surface area contributed by atoms with Gasteiger partial charge in [0.15, 0.2) is 0 Å². The molecule has 0 saturated carbocycles. The van der Waals surface area contributed by atoms with Gasteiger partial charge in [0.2, 0.25) is 5.91 Å². The van der Waals surface area contributed by atoms with Gasteiger partial charge in [0, 0.05) is 0 Å². The Balaban J connectivity index is 2.34. The van der Waals surface area contributed by atoms with E-state index in [4.69, 9.17) is 9.47 Å². The van der Waals surface area contributed by atoms with Crippen LogP contribution < -0.4 is 20.1 Å². The minimum atomic E-state index is -0.0841. The van der Waals surface area contributed by atoms with Crippen LogP contribution in [0.3, 0.4) is 0 Å². The SMILES string of the molecule is CNCC(=O)NCC(C)Oc1ccc(OC)cc1. The fraction of sp³-hybridized carbons (Fsp3) is 0.462. The van der Waals surface area contributed by atoms with Crippen molar-refractivity contribution in [1.82, 2.24) is 10.6 Å². The van der Waals surface area contributed by atoms with Gasteiger partial charge < -0.3 is 20.1 Å². The second-order valence-corrected chi connectivity index (χ2v) is 3.94. The van der Waals surface area contributed by atoms with Crippen molar-refractivity contribution in [1.29, 1.82) is 0 Å². The van der Waals surface area contributed by atoms with Crippen LogP contribution in [0.15, 0.2) is 24.3 Å². The van der Waals surface area contributed by atoms with Crippen molar-refractivity contribution in [3.05, 3.63) is 24.3 Å². The second-order valence-electron chi connectivity index (χ2n) is 3.94.